The minimum atomic E-state index is -0.103. The molecule has 13 nitrogen and oxygen atoms in total. The zero-order valence-corrected chi connectivity index (χ0v) is 30.2. The van der Waals surface area contributed by atoms with Gasteiger partial charge in [-0.25, -0.2) is 24.3 Å². The van der Waals surface area contributed by atoms with E-state index in [0.717, 1.165) is 61.4 Å². The van der Waals surface area contributed by atoms with Crippen LogP contribution < -0.4 is 10.6 Å². The van der Waals surface area contributed by atoms with Crippen LogP contribution in [0.5, 0.6) is 0 Å². The van der Waals surface area contributed by atoms with Crippen LogP contribution in [0.3, 0.4) is 0 Å². The molecule has 0 aliphatic carbocycles. The summed E-state index contributed by atoms with van der Waals surface area (Å²) < 4.78 is 10.5. The van der Waals surface area contributed by atoms with Gasteiger partial charge < -0.3 is 19.8 Å². The van der Waals surface area contributed by atoms with Gasteiger partial charge in [0.05, 0.1) is 39.0 Å². The summed E-state index contributed by atoms with van der Waals surface area (Å²) in [5.74, 6) is 4.37. The van der Waals surface area contributed by atoms with E-state index < -0.39 is 0 Å². The van der Waals surface area contributed by atoms with E-state index in [1.54, 1.807) is 0 Å². The highest BCUT2D eigenvalue weighted by atomic mass is 15.3. The normalized spacial score (nSPS) is 12.7. The summed E-state index contributed by atoms with van der Waals surface area (Å²) in [7, 11) is 0. The molecular formula is C40H37N13. The Kier molecular flexibility index (Phi) is 6.36. The molecule has 53 heavy (non-hydrogen) atoms. The predicted octanol–water partition coefficient (Wildman–Crippen LogP) is 8.54. The van der Waals surface area contributed by atoms with E-state index in [-0.39, 0.29) is 11.1 Å². The summed E-state index contributed by atoms with van der Waals surface area (Å²) in [6.45, 7) is 13.1. The van der Waals surface area contributed by atoms with Gasteiger partial charge in [-0.05, 0) is 102 Å². The van der Waals surface area contributed by atoms with E-state index in [1.807, 2.05) is 50.5 Å². The molecule has 0 fully saturated rings. The average molecular weight is 700 g/mol. The van der Waals surface area contributed by atoms with Crippen LogP contribution in [0.4, 0.5) is 23.0 Å². The molecule has 10 aromatic rings. The second-order valence-corrected chi connectivity index (χ2v) is 15.4. The smallest absolute Gasteiger partial charge is 0.240 e. The van der Waals surface area contributed by atoms with Gasteiger partial charge in [-0.3, -0.25) is 9.13 Å². The van der Waals surface area contributed by atoms with Crippen molar-refractivity contribution in [2.45, 2.75) is 52.6 Å². The number of nitrogens with zero attached hydrogens (tertiary/aromatic N) is 11. The Morgan fingerprint density at radius 1 is 0.509 bits per heavy atom. The SMILES string of the molecule is CC(C)(C)n1cccc1Nc1cccc2ncn(-c3nc4ncnc5nc(-n6cnc7cccc(Nc8cccn8C(C)(C)C)c76)c6ccc3c6n45)c12. The van der Waals surface area contributed by atoms with Gasteiger partial charge in [0.25, 0.3) is 0 Å². The number of hydrogen-bond acceptors (Lipinski definition) is 8. The number of anilines is 4. The van der Waals surface area contributed by atoms with Gasteiger partial charge in [-0.2, -0.15) is 9.97 Å². The van der Waals surface area contributed by atoms with Crippen LogP contribution in [0.1, 0.15) is 41.5 Å². The topological polar surface area (TPSA) is 126 Å². The lowest BCUT2D eigenvalue weighted by atomic mass is 10.1. The van der Waals surface area contributed by atoms with E-state index in [2.05, 4.69) is 132 Å². The Labute approximate surface area is 303 Å². The molecule has 0 radical (unpaired) electrons. The standard InChI is InChI=1S/C40H37N13/c1-39(2,3)51-19-9-15-30(51)45-28-13-7-11-26-33(28)49(22-43-26)35-24-17-18-25-32(24)53-37(47-35)41-21-42-38(53)48-36(25)50-23-44-27-12-8-14-29(34(27)50)46-31-16-10-20-52(31)40(4,5)6/h7-23,45-46H,1-6H3. The molecule has 0 saturated heterocycles. The maximum Gasteiger partial charge on any atom is 0.240 e. The number of fused-ring (bicyclic) bond motifs is 2. The Bertz CT molecular complexity index is 2800. The fraction of sp³-hybridized carbons (Fsp3) is 0.200. The zero-order chi connectivity index (χ0) is 36.2. The Balaban J connectivity index is 1.17. The molecule has 0 aliphatic heterocycles. The van der Waals surface area contributed by atoms with Gasteiger partial charge in [-0.1, -0.05) is 12.1 Å². The first-order valence-electron chi connectivity index (χ1n) is 17.6. The summed E-state index contributed by atoms with van der Waals surface area (Å²) in [6.07, 6.45) is 9.38. The maximum atomic E-state index is 5.12. The predicted molar refractivity (Wildman–Crippen MR) is 209 cm³/mol. The third kappa shape index (κ3) is 4.69. The molecule has 0 unspecified atom stereocenters. The van der Waals surface area contributed by atoms with Crippen molar-refractivity contribution in [2.24, 2.45) is 0 Å². The first kappa shape index (κ1) is 31.0. The Morgan fingerprint density at radius 2 is 0.981 bits per heavy atom. The molecule has 0 spiro atoms. The molecule has 0 aliphatic rings. The minimum absolute atomic E-state index is 0.103. The third-order valence-electron chi connectivity index (χ3n) is 9.85. The fourth-order valence-electron chi connectivity index (χ4n) is 7.51. The lowest BCUT2D eigenvalue weighted by Crippen LogP contribution is -2.22. The minimum Gasteiger partial charge on any atom is -0.340 e. The summed E-state index contributed by atoms with van der Waals surface area (Å²) in [5.41, 5.74) is 6.05. The first-order valence-corrected chi connectivity index (χ1v) is 17.6. The van der Waals surface area contributed by atoms with Gasteiger partial charge >= 0.3 is 0 Å². The van der Waals surface area contributed by atoms with Crippen LogP contribution in [-0.4, -0.2) is 52.6 Å². The molecule has 262 valence electrons. The van der Waals surface area contributed by atoms with Gasteiger partial charge in [0.2, 0.25) is 11.6 Å². The van der Waals surface area contributed by atoms with E-state index in [9.17, 15) is 0 Å². The Hall–Kier alpha value is -6.76. The quantitative estimate of drug-likeness (QED) is 0.177. The second-order valence-electron chi connectivity index (χ2n) is 15.4. The molecule has 7 aromatic heterocycles. The van der Waals surface area contributed by atoms with Gasteiger partial charge in [0.1, 0.15) is 30.6 Å². The highest BCUT2D eigenvalue weighted by Crippen LogP contribution is 2.38. The molecule has 13 heteroatoms. The summed E-state index contributed by atoms with van der Waals surface area (Å²) in [6, 6.07) is 24.7. The van der Waals surface area contributed by atoms with Gasteiger partial charge in [0, 0.05) is 34.2 Å². The third-order valence-corrected chi connectivity index (χ3v) is 9.85. The van der Waals surface area contributed by atoms with E-state index in [0.29, 0.717) is 23.2 Å². The van der Waals surface area contributed by atoms with Crippen molar-refractivity contribution < 1.29 is 0 Å². The number of rotatable bonds is 6. The van der Waals surface area contributed by atoms with E-state index in [4.69, 9.17) is 19.9 Å². The lowest BCUT2D eigenvalue weighted by Gasteiger charge is -2.25. The van der Waals surface area contributed by atoms with Crippen molar-refractivity contribution >= 4 is 72.9 Å². The highest BCUT2D eigenvalue weighted by Gasteiger charge is 2.24. The largest absolute Gasteiger partial charge is 0.340 e. The number of benzene rings is 2. The Morgan fingerprint density at radius 3 is 1.43 bits per heavy atom. The van der Waals surface area contributed by atoms with Crippen LogP contribution in [0.2, 0.25) is 0 Å². The van der Waals surface area contributed by atoms with Crippen LogP contribution in [-0.2, 0) is 11.1 Å². The van der Waals surface area contributed by atoms with Crippen molar-refractivity contribution in [2.75, 3.05) is 10.6 Å². The molecule has 0 saturated carbocycles. The van der Waals surface area contributed by atoms with Crippen molar-refractivity contribution in [3.63, 3.8) is 0 Å². The van der Waals surface area contributed by atoms with Crippen molar-refractivity contribution in [1.29, 1.82) is 0 Å². The highest BCUT2D eigenvalue weighted by molar-refractivity contribution is 6.08. The van der Waals surface area contributed by atoms with E-state index in [1.165, 1.54) is 6.33 Å². The monoisotopic (exact) mass is 699 g/mol. The summed E-state index contributed by atoms with van der Waals surface area (Å²) in [4.78, 5) is 29.1. The van der Waals surface area contributed by atoms with Gasteiger partial charge in [-0.15, -0.1) is 0 Å². The molecule has 2 N–H and O–H groups in total. The molecular weight excluding hydrogens is 663 g/mol. The van der Waals surface area contributed by atoms with Crippen molar-refractivity contribution in [3.05, 3.63) is 104 Å². The van der Waals surface area contributed by atoms with Crippen LogP contribution in [0.15, 0.2) is 104 Å². The molecule has 0 atom stereocenters. The van der Waals surface area contributed by atoms with Crippen molar-refractivity contribution in [1.82, 2.24) is 52.6 Å². The zero-order valence-electron chi connectivity index (χ0n) is 30.2. The summed E-state index contributed by atoms with van der Waals surface area (Å²) in [5, 5.41) is 9.21. The number of nitrogens with one attached hydrogen (secondary N) is 2. The van der Waals surface area contributed by atoms with Crippen LogP contribution in [0, 0.1) is 0 Å². The molecule has 10 rings (SSSR count). The fourth-order valence-corrected chi connectivity index (χ4v) is 7.51. The number of aromatic nitrogens is 11. The molecule has 7 heterocycles. The molecule has 0 bridgehead atoms. The molecule has 0 amide bonds. The van der Waals surface area contributed by atoms with Crippen LogP contribution in [0.25, 0.3) is 61.5 Å². The van der Waals surface area contributed by atoms with Crippen molar-refractivity contribution in [3.8, 4) is 11.6 Å². The van der Waals surface area contributed by atoms with Gasteiger partial charge in [0.15, 0.2) is 11.6 Å². The number of hydrogen-bond donors (Lipinski definition) is 2. The molecule has 3 aromatic carbocycles. The summed E-state index contributed by atoms with van der Waals surface area (Å²) >= 11 is 0. The maximum absolute atomic E-state index is 5.12. The number of imidazole rings is 2. The average Bonchev–Trinajstić information content (AvgIpc) is 3.96. The van der Waals surface area contributed by atoms with Crippen LogP contribution >= 0.6 is 0 Å². The number of para-hydroxylation sites is 2. The lowest BCUT2D eigenvalue weighted by molar-refractivity contribution is 0.403. The second kappa shape index (κ2) is 10.9. The van der Waals surface area contributed by atoms with E-state index >= 15 is 0 Å². The first-order chi connectivity index (χ1) is 25.5.